The molecule has 1 N–H and O–H groups in total. The highest BCUT2D eigenvalue weighted by Crippen LogP contribution is 2.20. The lowest BCUT2D eigenvalue weighted by molar-refractivity contribution is -0.143. The zero-order chi connectivity index (χ0) is 12.1. The van der Waals surface area contributed by atoms with Crippen LogP contribution in [0.4, 0.5) is 0 Å². The first kappa shape index (κ1) is 14.0. The van der Waals surface area contributed by atoms with E-state index in [-0.39, 0.29) is 17.8 Å². The molecule has 0 spiro atoms. The summed E-state index contributed by atoms with van der Waals surface area (Å²) in [6, 6.07) is 6.48. The number of phenols is 1. The molecule has 1 aromatic carbocycles. The minimum Gasteiger partial charge on any atom is -0.508 e. The highest BCUT2D eigenvalue weighted by atomic mass is 127. The quantitative estimate of drug-likeness (QED) is 0.438. The number of ether oxygens (including phenoxy) is 1. The minimum absolute atomic E-state index is 0.221. The lowest BCUT2D eigenvalue weighted by Crippen LogP contribution is -2.32. The molecule has 0 aliphatic heterocycles. The maximum absolute atomic E-state index is 11.5. The SMILES string of the molecule is COC(=O)C(Cc1ccc(O)cc1)N(I)I. The fraction of sp³-hybridized carbons (Fsp3) is 0.300. The summed E-state index contributed by atoms with van der Waals surface area (Å²) in [5.41, 5.74) is 0.978. The van der Waals surface area contributed by atoms with Gasteiger partial charge in [0.25, 0.3) is 0 Å². The van der Waals surface area contributed by atoms with Crippen LogP contribution in [0.2, 0.25) is 0 Å². The van der Waals surface area contributed by atoms with Crippen LogP contribution in [-0.4, -0.2) is 25.6 Å². The van der Waals surface area contributed by atoms with Gasteiger partial charge in [-0.1, -0.05) is 12.1 Å². The van der Waals surface area contributed by atoms with Gasteiger partial charge >= 0.3 is 5.97 Å². The first-order chi connectivity index (χ1) is 7.54. The second kappa shape index (κ2) is 6.60. The topological polar surface area (TPSA) is 49.8 Å². The van der Waals surface area contributed by atoms with Gasteiger partial charge in [-0.15, -0.1) is 0 Å². The largest absolute Gasteiger partial charge is 0.508 e. The van der Waals surface area contributed by atoms with Gasteiger partial charge < -0.3 is 9.84 Å². The summed E-state index contributed by atoms with van der Waals surface area (Å²) in [6.07, 6.45) is 0.554. The number of hydrogen-bond donors (Lipinski definition) is 1. The molecule has 0 saturated heterocycles. The zero-order valence-electron chi connectivity index (χ0n) is 8.56. The molecule has 6 heteroatoms. The van der Waals surface area contributed by atoms with Crippen molar-refractivity contribution in [2.24, 2.45) is 0 Å². The van der Waals surface area contributed by atoms with E-state index < -0.39 is 0 Å². The van der Waals surface area contributed by atoms with E-state index in [1.54, 1.807) is 25.6 Å². The number of rotatable bonds is 4. The van der Waals surface area contributed by atoms with Crippen molar-refractivity contribution in [2.75, 3.05) is 7.11 Å². The van der Waals surface area contributed by atoms with Gasteiger partial charge in [-0.2, -0.15) is 1.33 Å². The highest BCUT2D eigenvalue weighted by molar-refractivity contribution is 14.2. The average Bonchev–Trinajstić information content (AvgIpc) is 2.27. The number of carbonyl (C=O) groups excluding carboxylic acids is 1. The van der Waals surface area contributed by atoms with Crippen molar-refractivity contribution in [1.82, 2.24) is 1.33 Å². The van der Waals surface area contributed by atoms with Gasteiger partial charge in [-0.05, 0) is 17.7 Å². The maximum atomic E-state index is 11.5. The second-order valence-corrected chi connectivity index (χ2v) is 7.09. The normalized spacial score (nSPS) is 12.5. The molecule has 0 fully saturated rings. The van der Waals surface area contributed by atoms with Crippen LogP contribution >= 0.6 is 45.7 Å². The number of carbonyl (C=O) groups is 1. The first-order valence-corrected chi connectivity index (χ1v) is 6.44. The van der Waals surface area contributed by atoms with Crippen molar-refractivity contribution in [1.29, 1.82) is 0 Å². The maximum Gasteiger partial charge on any atom is 0.325 e. The molecule has 88 valence electrons. The third kappa shape index (κ3) is 4.06. The fourth-order valence-electron chi connectivity index (χ4n) is 1.22. The van der Waals surface area contributed by atoms with Gasteiger partial charge in [0, 0.05) is 52.1 Å². The predicted octanol–water partition coefficient (Wildman–Crippen LogP) is 2.48. The number of phenolic OH excluding ortho intramolecular Hbond substituents is 1. The molecule has 0 aliphatic rings. The molecule has 16 heavy (non-hydrogen) atoms. The molecule has 0 aliphatic carbocycles. The summed E-state index contributed by atoms with van der Waals surface area (Å²) < 4.78 is 6.49. The predicted molar refractivity (Wildman–Crippen MR) is 77.5 cm³/mol. The monoisotopic (exact) mass is 447 g/mol. The number of benzene rings is 1. The van der Waals surface area contributed by atoms with Gasteiger partial charge in [0.15, 0.2) is 0 Å². The fourth-order valence-corrected chi connectivity index (χ4v) is 2.07. The van der Waals surface area contributed by atoms with E-state index in [9.17, 15) is 4.79 Å². The van der Waals surface area contributed by atoms with Crippen LogP contribution in [0, 0.1) is 0 Å². The molecule has 0 heterocycles. The Balaban J connectivity index is 2.75. The van der Waals surface area contributed by atoms with Gasteiger partial charge in [0.05, 0.1) is 7.11 Å². The van der Waals surface area contributed by atoms with Crippen LogP contribution in [0.3, 0.4) is 0 Å². The van der Waals surface area contributed by atoms with Crippen molar-refractivity contribution >= 4 is 51.7 Å². The first-order valence-electron chi connectivity index (χ1n) is 4.51. The summed E-state index contributed by atoms with van der Waals surface area (Å²) in [5, 5.41) is 9.15. The van der Waals surface area contributed by atoms with E-state index in [1.807, 2.05) is 45.7 Å². The van der Waals surface area contributed by atoms with Crippen LogP contribution in [0.1, 0.15) is 5.56 Å². The van der Waals surface area contributed by atoms with Gasteiger partial charge in [0.1, 0.15) is 11.8 Å². The van der Waals surface area contributed by atoms with Crippen molar-refractivity contribution in [3.8, 4) is 5.75 Å². The number of esters is 1. The molecule has 0 saturated carbocycles. The standard InChI is InChI=1S/C10H11I2NO3/c1-16-10(15)9(13(11)12)6-7-2-4-8(14)5-3-7/h2-5,9,14H,6H2,1H3. The van der Waals surface area contributed by atoms with Gasteiger partial charge in [-0.25, -0.2) is 0 Å². The van der Waals surface area contributed by atoms with Crippen LogP contribution in [0.25, 0.3) is 0 Å². The lowest BCUT2D eigenvalue weighted by atomic mass is 10.1. The van der Waals surface area contributed by atoms with E-state index >= 15 is 0 Å². The Kier molecular flexibility index (Phi) is 5.76. The summed E-state index contributed by atoms with van der Waals surface area (Å²) in [6.45, 7) is 0. The molecule has 1 aromatic rings. The Hall–Kier alpha value is -0.0900. The highest BCUT2D eigenvalue weighted by Gasteiger charge is 2.24. The summed E-state index contributed by atoms with van der Waals surface area (Å²) in [4.78, 5) is 11.5. The molecule has 1 unspecified atom stereocenters. The number of aromatic hydroxyl groups is 1. The van der Waals surface area contributed by atoms with Crippen molar-refractivity contribution in [3.05, 3.63) is 29.8 Å². The molecular weight excluding hydrogens is 436 g/mol. The molecule has 4 nitrogen and oxygen atoms in total. The van der Waals surface area contributed by atoms with Crippen LogP contribution in [-0.2, 0) is 16.0 Å². The van der Waals surface area contributed by atoms with Gasteiger partial charge in [-0.3, -0.25) is 4.79 Å². The third-order valence-corrected chi connectivity index (χ3v) is 3.42. The van der Waals surface area contributed by atoms with Crippen molar-refractivity contribution < 1.29 is 14.6 Å². The molecule has 0 amide bonds. The Morgan fingerprint density at radius 2 is 2.00 bits per heavy atom. The average molecular weight is 447 g/mol. The van der Waals surface area contributed by atoms with Gasteiger partial charge in [0.2, 0.25) is 0 Å². The summed E-state index contributed by atoms with van der Waals surface area (Å²) in [5.74, 6) is -0.0453. The zero-order valence-corrected chi connectivity index (χ0v) is 12.9. The molecule has 1 atom stereocenters. The van der Waals surface area contributed by atoms with E-state index in [1.165, 1.54) is 7.11 Å². The number of hydrogen-bond acceptors (Lipinski definition) is 4. The van der Waals surface area contributed by atoms with E-state index in [0.717, 1.165) is 5.56 Å². The molecule has 0 bridgehead atoms. The Labute approximate surface area is 122 Å². The second-order valence-electron chi connectivity index (χ2n) is 3.17. The molecule has 1 rings (SSSR count). The number of methoxy groups -OCH3 is 1. The Morgan fingerprint density at radius 3 is 2.44 bits per heavy atom. The molecule has 0 radical (unpaired) electrons. The van der Waals surface area contributed by atoms with E-state index in [4.69, 9.17) is 9.84 Å². The Bertz CT molecular complexity index is 354. The van der Waals surface area contributed by atoms with E-state index in [2.05, 4.69) is 0 Å². The van der Waals surface area contributed by atoms with Crippen LogP contribution in [0.5, 0.6) is 5.75 Å². The van der Waals surface area contributed by atoms with Crippen LogP contribution < -0.4 is 0 Å². The number of nitrogens with zero attached hydrogens (tertiary/aromatic N) is 1. The third-order valence-electron chi connectivity index (χ3n) is 2.07. The van der Waals surface area contributed by atoms with Crippen molar-refractivity contribution in [3.63, 3.8) is 0 Å². The minimum atomic E-state index is -0.323. The number of halogens is 2. The lowest BCUT2D eigenvalue weighted by Gasteiger charge is -2.17. The van der Waals surface area contributed by atoms with Crippen LogP contribution in [0.15, 0.2) is 24.3 Å². The van der Waals surface area contributed by atoms with E-state index in [0.29, 0.717) is 6.42 Å². The molecular formula is C10H11I2NO3. The summed E-state index contributed by atoms with van der Waals surface area (Å²) >= 11 is 4.09. The van der Waals surface area contributed by atoms with Crippen molar-refractivity contribution in [2.45, 2.75) is 12.5 Å². The smallest absolute Gasteiger partial charge is 0.325 e. The Morgan fingerprint density at radius 1 is 1.44 bits per heavy atom. The molecule has 0 aromatic heterocycles. The summed E-state index contributed by atoms with van der Waals surface area (Å²) in [7, 11) is 1.38.